The van der Waals surface area contributed by atoms with Gasteiger partial charge in [0, 0.05) is 17.3 Å². The third kappa shape index (κ3) is 3.61. The summed E-state index contributed by atoms with van der Waals surface area (Å²) in [6, 6.07) is 1.51. The van der Waals surface area contributed by atoms with Crippen molar-refractivity contribution in [1.29, 1.82) is 0 Å². The van der Waals surface area contributed by atoms with Crippen LogP contribution in [0.4, 0.5) is 9.18 Å². The van der Waals surface area contributed by atoms with Gasteiger partial charge in [0.2, 0.25) is 5.88 Å². The van der Waals surface area contributed by atoms with Gasteiger partial charge in [-0.2, -0.15) is 0 Å². The van der Waals surface area contributed by atoms with Gasteiger partial charge in [0.1, 0.15) is 17.4 Å². The highest BCUT2D eigenvalue weighted by atomic mass is 35.5. The van der Waals surface area contributed by atoms with E-state index in [1.807, 2.05) is 0 Å². The first-order chi connectivity index (χ1) is 13.8. The number of alkyl halides is 1. The Morgan fingerprint density at radius 1 is 1.28 bits per heavy atom. The summed E-state index contributed by atoms with van der Waals surface area (Å²) in [6.45, 7) is 4.69. The van der Waals surface area contributed by atoms with E-state index >= 15 is 0 Å². The predicted octanol–water partition coefficient (Wildman–Crippen LogP) is 3.67. The lowest BCUT2D eigenvalue weighted by Crippen LogP contribution is -2.63. The molecule has 2 aromatic heterocycles. The molecule has 0 unspecified atom stereocenters. The number of hydrogen-bond donors (Lipinski definition) is 0. The number of carbonyl (C=O) groups is 1. The minimum atomic E-state index is -0.921. The first-order valence-corrected chi connectivity index (χ1v) is 9.52. The third-order valence-corrected chi connectivity index (χ3v) is 5.37. The predicted molar refractivity (Wildman–Crippen MR) is 105 cm³/mol. The van der Waals surface area contributed by atoms with E-state index in [9.17, 15) is 9.18 Å². The van der Waals surface area contributed by atoms with Crippen molar-refractivity contribution < 1.29 is 13.9 Å². The second kappa shape index (κ2) is 7.20. The molecule has 2 aromatic rings. The fourth-order valence-corrected chi connectivity index (χ4v) is 3.60. The summed E-state index contributed by atoms with van der Waals surface area (Å²) in [5.74, 6) is 0.370. The van der Waals surface area contributed by atoms with Crippen LogP contribution in [0.2, 0.25) is 5.15 Å². The van der Waals surface area contributed by atoms with Crippen LogP contribution in [0.5, 0.6) is 5.88 Å². The summed E-state index contributed by atoms with van der Waals surface area (Å²) in [4.78, 5) is 26.7. The number of urea groups is 1. The van der Waals surface area contributed by atoms with Crippen LogP contribution in [0.1, 0.15) is 19.4 Å². The second-order valence-corrected chi connectivity index (χ2v) is 8.10. The van der Waals surface area contributed by atoms with Crippen molar-refractivity contribution in [3.63, 3.8) is 0 Å². The Bertz CT molecular complexity index is 1010. The quantitative estimate of drug-likeness (QED) is 0.326. The van der Waals surface area contributed by atoms with Gasteiger partial charge in [0.25, 0.3) is 0 Å². The van der Waals surface area contributed by atoms with Gasteiger partial charge in [0.15, 0.2) is 0 Å². The zero-order valence-electron chi connectivity index (χ0n) is 15.9. The molecule has 4 heterocycles. The van der Waals surface area contributed by atoms with E-state index < -0.39 is 11.7 Å². The van der Waals surface area contributed by atoms with E-state index in [1.54, 1.807) is 37.2 Å². The normalized spacial score (nSPS) is 17.5. The van der Waals surface area contributed by atoms with Gasteiger partial charge in [-0.1, -0.05) is 30.6 Å². The average Bonchev–Trinajstić information content (AvgIpc) is 2.60. The van der Waals surface area contributed by atoms with Crippen LogP contribution in [0.3, 0.4) is 0 Å². The SMILES string of the molecule is CC(C)(N=[N+]=[N-])c1cnc(OC2CN(C(=O)N3CC(F)C3)C2)c2cnc(Cl)cc12. The van der Waals surface area contributed by atoms with Crippen LogP contribution in [-0.2, 0) is 5.54 Å². The molecule has 0 aliphatic carbocycles. The first-order valence-electron chi connectivity index (χ1n) is 9.14. The molecule has 2 aliphatic heterocycles. The summed E-state index contributed by atoms with van der Waals surface area (Å²) in [7, 11) is 0. The molecular formula is C18H19ClFN7O2. The Labute approximate surface area is 171 Å². The van der Waals surface area contributed by atoms with Crippen molar-refractivity contribution in [2.45, 2.75) is 31.7 Å². The van der Waals surface area contributed by atoms with Crippen molar-refractivity contribution in [3.8, 4) is 5.88 Å². The van der Waals surface area contributed by atoms with Gasteiger partial charge in [-0.15, -0.1) is 0 Å². The van der Waals surface area contributed by atoms with Crippen molar-refractivity contribution in [3.05, 3.63) is 39.6 Å². The molecule has 0 spiro atoms. The lowest BCUT2D eigenvalue weighted by atomic mass is 9.93. The van der Waals surface area contributed by atoms with Crippen LogP contribution >= 0.6 is 11.6 Å². The number of hydrogen-bond acceptors (Lipinski definition) is 5. The molecular weight excluding hydrogens is 401 g/mol. The lowest BCUT2D eigenvalue weighted by Gasteiger charge is -2.44. The number of aromatic nitrogens is 2. The monoisotopic (exact) mass is 419 g/mol. The van der Waals surface area contributed by atoms with E-state index in [2.05, 4.69) is 20.0 Å². The number of ether oxygens (including phenoxy) is 1. The molecule has 9 nitrogen and oxygen atoms in total. The Morgan fingerprint density at radius 3 is 2.62 bits per heavy atom. The zero-order valence-corrected chi connectivity index (χ0v) is 16.7. The molecule has 11 heteroatoms. The Morgan fingerprint density at radius 2 is 1.97 bits per heavy atom. The van der Waals surface area contributed by atoms with Crippen LogP contribution in [-0.4, -0.2) is 64.3 Å². The van der Waals surface area contributed by atoms with Crippen molar-refractivity contribution in [2.75, 3.05) is 26.2 Å². The Kier molecular flexibility index (Phi) is 4.84. The maximum absolute atomic E-state index is 12.9. The van der Waals surface area contributed by atoms with Crippen molar-refractivity contribution >= 4 is 28.4 Å². The summed E-state index contributed by atoms with van der Waals surface area (Å²) < 4.78 is 18.9. The van der Waals surface area contributed by atoms with Crippen LogP contribution in [0.15, 0.2) is 23.6 Å². The highest BCUT2D eigenvalue weighted by molar-refractivity contribution is 6.30. The van der Waals surface area contributed by atoms with Gasteiger partial charge < -0.3 is 14.5 Å². The molecule has 2 fully saturated rings. The third-order valence-electron chi connectivity index (χ3n) is 5.16. The smallest absolute Gasteiger partial charge is 0.320 e. The zero-order chi connectivity index (χ0) is 20.8. The van der Waals surface area contributed by atoms with Gasteiger partial charge in [-0.3, -0.25) is 0 Å². The van der Waals surface area contributed by atoms with E-state index in [4.69, 9.17) is 21.9 Å². The molecule has 2 amide bonds. The number of pyridine rings is 2. The summed E-state index contributed by atoms with van der Waals surface area (Å²) >= 11 is 6.08. The topological polar surface area (TPSA) is 107 Å². The van der Waals surface area contributed by atoms with Crippen molar-refractivity contribution in [2.24, 2.45) is 5.11 Å². The molecule has 152 valence electrons. The van der Waals surface area contributed by atoms with Gasteiger partial charge >= 0.3 is 6.03 Å². The average molecular weight is 420 g/mol. The van der Waals surface area contributed by atoms with Gasteiger partial charge in [-0.05, 0) is 22.5 Å². The molecule has 0 radical (unpaired) electrons. The van der Waals surface area contributed by atoms with E-state index in [0.717, 1.165) is 5.39 Å². The number of likely N-dealkylation sites (tertiary alicyclic amines) is 2. The number of carbonyl (C=O) groups excluding carboxylic acids is 1. The fourth-order valence-electron chi connectivity index (χ4n) is 3.44. The van der Waals surface area contributed by atoms with E-state index in [0.29, 0.717) is 35.1 Å². The molecule has 2 saturated heterocycles. The molecule has 0 bridgehead atoms. The maximum Gasteiger partial charge on any atom is 0.320 e. The van der Waals surface area contributed by atoms with Crippen molar-refractivity contribution in [1.82, 2.24) is 19.8 Å². The number of nitrogens with zero attached hydrogens (tertiary/aromatic N) is 7. The van der Waals surface area contributed by atoms with Gasteiger partial charge in [-0.25, -0.2) is 19.2 Å². The summed E-state index contributed by atoms with van der Waals surface area (Å²) in [6.07, 6.45) is 2.03. The number of halogens is 2. The molecule has 0 atom stereocenters. The van der Waals surface area contributed by atoms with E-state index in [1.165, 1.54) is 4.90 Å². The molecule has 0 N–H and O–H groups in total. The maximum atomic E-state index is 12.9. The molecule has 4 rings (SSSR count). The number of fused-ring (bicyclic) bond motifs is 1. The number of rotatable bonds is 4. The minimum Gasteiger partial charge on any atom is -0.470 e. The first kappa shape index (κ1) is 19.5. The number of amides is 2. The summed E-state index contributed by atoms with van der Waals surface area (Å²) in [5.41, 5.74) is 8.73. The van der Waals surface area contributed by atoms with Crippen LogP contribution in [0, 0.1) is 0 Å². The second-order valence-electron chi connectivity index (χ2n) is 7.71. The summed E-state index contributed by atoms with van der Waals surface area (Å²) in [5, 5.41) is 5.52. The molecule has 0 saturated carbocycles. The highest BCUT2D eigenvalue weighted by Gasteiger charge is 2.39. The molecule has 2 aliphatic rings. The van der Waals surface area contributed by atoms with Gasteiger partial charge in [0.05, 0.1) is 37.1 Å². The fraction of sp³-hybridized carbons (Fsp3) is 0.500. The standard InChI is InChI=1S/C18H19ClFN7O2/c1-18(2,24-25-21)14-5-23-16(13-4-22-15(19)3-12(13)14)29-11-8-27(9-11)17(28)26-6-10(20)7-26/h3-5,10-11H,6-9H2,1-2H3. The Balaban J connectivity index is 1.53. The molecule has 29 heavy (non-hydrogen) atoms. The highest BCUT2D eigenvalue weighted by Crippen LogP contribution is 2.36. The van der Waals surface area contributed by atoms with Crippen LogP contribution in [0.25, 0.3) is 21.2 Å². The lowest BCUT2D eigenvalue weighted by molar-refractivity contribution is 0.00778. The van der Waals surface area contributed by atoms with Crippen LogP contribution < -0.4 is 4.74 Å². The number of azide groups is 1. The Hall–Kier alpha value is -2.84. The largest absolute Gasteiger partial charge is 0.470 e. The van der Waals surface area contributed by atoms with E-state index in [-0.39, 0.29) is 25.2 Å². The molecule has 0 aromatic carbocycles. The minimum absolute atomic E-state index is 0.155.